The second-order valence-corrected chi connectivity index (χ2v) is 4.90. The van der Waals surface area contributed by atoms with Crippen molar-refractivity contribution in [3.05, 3.63) is 57.8 Å². The standard InChI is InChI=1S/C15H11Cl2FO3/c1-20-13-6-5-9(7-11(13)18)12(19)8-21-14-4-2-3-10(16)15(14)17/h2-7H,8H2,1H3. The van der Waals surface area contributed by atoms with Crippen molar-refractivity contribution in [3.8, 4) is 11.5 Å². The number of halogens is 3. The molecule has 0 unspecified atom stereocenters. The molecule has 0 saturated carbocycles. The number of hydrogen-bond donors (Lipinski definition) is 0. The number of methoxy groups -OCH3 is 1. The highest BCUT2D eigenvalue weighted by Crippen LogP contribution is 2.31. The number of ether oxygens (including phenoxy) is 2. The van der Waals surface area contributed by atoms with Gasteiger partial charge in [0.1, 0.15) is 10.8 Å². The van der Waals surface area contributed by atoms with Crippen LogP contribution in [-0.2, 0) is 0 Å². The summed E-state index contributed by atoms with van der Waals surface area (Å²) in [5, 5.41) is 0.560. The monoisotopic (exact) mass is 328 g/mol. The minimum atomic E-state index is -0.607. The van der Waals surface area contributed by atoms with Gasteiger partial charge in [0, 0.05) is 5.56 Å². The molecule has 0 fully saturated rings. The quantitative estimate of drug-likeness (QED) is 0.763. The molecule has 0 radical (unpaired) electrons. The number of ketones is 1. The first-order valence-corrected chi connectivity index (χ1v) is 6.72. The van der Waals surface area contributed by atoms with Crippen molar-refractivity contribution in [1.82, 2.24) is 0 Å². The summed E-state index contributed by atoms with van der Waals surface area (Å²) in [6.07, 6.45) is 0. The van der Waals surface area contributed by atoms with Crippen molar-refractivity contribution in [1.29, 1.82) is 0 Å². The van der Waals surface area contributed by atoms with Crippen LogP contribution in [-0.4, -0.2) is 19.5 Å². The lowest BCUT2D eigenvalue weighted by atomic mass is 10.1. The van der Waals surface area contributed by atoms with Crippen LogP contribution in [0.2, 0.25) is 10.0 Å². The Kier molecular flexibility index (Phi) is 5.04. The predicted octanol–water partition coefficient (Wildman–Crippen LogP) is 4.40. The Balaban J connectivity index is 2.08. The predicted molar refractivity (Wildman–Crippen MR) is 79.2 cm³/mol. The van der Waals surface area contributed by atoms with Crippen molar-refractivity contribution in [2.45, 2.75) is 0 Å². The van der Waals surface area contributed by atoms with E-state index >= 15 is 0 Å². The maximum atomic E-state index is 13.5. The van der Waals surface area contributed by atoms with Crippen LogP contribution in [0.5, 0.6) is 11.5 Å². The highest BCUT2D eigenvalue weighted by Gasteiger charge is 2.12. The molecule has 110 valence electrons. The van der Waals surface area contributed by atoms with E-state index < -0.39 is 5.82 Å². The van der Waals surface area contributed by atoms with Crippen LogP contribution in [0.3, 0.4) is 0 Å². The van der Waals surface area contributed by atoms with Gasteiger partial charge in [-0.1, -0.05) is 29.3 Å². The Morgan fingerprint density at radius 1 is 1.19 bits per heavy atom. The van der Waals surface area contributed by atoms with Crippen LogP contribution >= 0.6 is 23.2 Å². The topological polar surface area (TPSA) is 35.5 Å². The molecule has 3 nitrogen and oxygen atoms in total. The van der Waals surface area contributed by atoms with E-state index in [1.165, 1.54) is 19.2 Å². The first kappa shape index (κ1) is 15.6. The third-order valence-corrected chi connectivity index (χ3v) is 3.55. The van der Waals surface area contributed by atoms with Crippen LogP contribution in [0, 0.1) is 5.82 Å². The van der Waals surface area contributed by atoms with Crippen LogP contribution in [0.25, 0.3) is 0 Å². The average molecular weight is 329 g/mol. The summed E-state index contributed by atoms with van der Waals surface area (Å²) in [6.45, 7) is -0.272. The maximum absolute atomic E-state index is 13.5. The highest BCUT2D eigenvalue weighted by molar-refractivity contribution is 6.42. The van der Waals surface area contributed by atoms with Crippen LogP contribution in [0.1, 0.15) is 10.4 Å². The minimum absolute atomic E-state index is 0.0744. The Morgan fingerprint density at radius 2 is 1.95 bits per heavy atom. The third-order valence-electron chi connectivity index (χ3n) is 2.75. The van der Waals surface area contributed by atoms with E-state index in [0.717, 1.165) is 6.07 Å². The summed E-state index contributed by atoms with van der Waals surface area (Å²) in [6, 6.07) is 8.81. The molecule has 0 bridgehead atoms. The van der Waals surface area contributed by atoms with Gasteiger partial charge >= 0.3 is 0 Å². The second-order valence-electron chi connectivity index (χ2n) is 4.11. The fraction of sp³-hybridized carbons (Fsp3) is 0.133. The van der Waals surface area contributed by atoms with E-state index in [9.17, 15) is 9.18 Å². The van der Waals surface area contributed by atoms with Gasteiger partial charge in [0.25, 0.3) is 0 Å². The van der Waals surface area contributed by atoms with Crippen molar-refractivity contribution >= 4 is 29.0 Å². The van der Waals surface area contributed by atoms with E-state index in [1.54, 1.807) is 18.2 Å². The zero-order chi connectivity index (χ0) is 15.4. The van der Waals surface area contributed by atoms with Crippen molar-refractivity contribution in [2.24, 2.45) is 0 Å². The van der Waals surface area contributed by atoms with Gasteiger partial charge in [0.2, 0.25) is 0 Å². The molecule has 6 heteroatoms. The molecule has 0 spiro atoms. The van der Waals surface area contributed by atoms with Gasteiger partial charge in [-0.25, -0.2) is 4.39 Å². The number of hydrogen-bond acceptors (Lipinski definition) is 3. The average Bonchev–Trinajstić information content (AvgIpc) is 2.48. The molecule has 0 saturated heterocycles. The summed E-state index contributed by atoms with van der Waals surface area (Å²) in [7, 11) is 1.35. The molecule has 0 atom stereocenters. The number of rotatable bonds is 5. The lowest BCUT2D eigenvalue weighted by Gasteiger charge is -2.09. The van der Waals surface area contributed by atoms with Gasteiger partial charge in [0.15, 0.2) is 24.0 Å². The summed E-state index contributed by atoms with van der Waals surface area (Å²) < 4.78 is 23.6. The normalized spacial score (nSPS) is 10.3. The van der Waals surface area contributed by atoms with E-state index in [4.69, 9.17) is 32.7 Å². The molecule has 0 aliphatic heterocycles. The van der Waals surface area contributed by atoms with Crippen LogP contribution in [0.4, 0.5) is 4.39 Å². The smallest absolute Gasteiger partial charge is 0.200 e. The van der Waals surface area contributed by atoms with Crippen molar-refractivity contribution in [3.63, 3.8) is 0 Å². The molecule has 0 N–H and O–H groups in total. The lowest BCUT2D eigenvalue weighted by molar-refractivity contribution is 0.0921. The van der Waals surface area contributed by atoms with Gasteiger partial charge in [-0.05, 0) is 30.3 Å². The Labute approximate surface area is 131 Å². The molecule has 2 rings (SSSR count). The van der Waals surface area contributed by atoms with Gasteiger partial charge in [0.05, 0.1) is 12.1 Å². The third kappa shape index (κ3) is 3.65. The fourth-order valence-corrected chi connectivity index (χ4v) is 2.01. The van der Waals surface area contributed by atoms with Gasteiger partial charge < -0.3 is 9.47 Å². The van der Waals surface area contributed by atoms with Crippen LogP contribution < -0.4 is 9.47 Å². The zero-order valence-corrected chi connectivity index (χ0v) is 12.5. The summed E-state index contributed by atoms with van der Waals surface area (Å²) >= 11 is 11.8. The van der Waals surface area contributed by atoms with Crippen LogP contribution in [0.15, 0.2) is 36.4 Å². The number of carbonyl (C=O) groups is 1. The van der Waals surface area contributed by atoms with E-state index in [-0.39, 0.29) is 28.7 Å². The van der Waals surface area contributed by atoms with E-state index in [0.29, 0.717) is 10.8 Å². The molecule has 0 aromatic heterocycles. The zero-order valence-electron chi connectivity index (χ0n) is 11.0. The largest absolute Gasteiger partial charge is 0.494 e. The molecular weight excluding hydrogens is 318 g/mol. The number of carbonyl (C=O) groups excluding carboxylic acids is 1. The van der Waals surface area contributed by atoms with E-state index in [1.807, 2.05) is 0 Å². The molecule has 21 heavy (non-hydrogen) atoms. The Bertz CT molecular complexity index is 674. The summed E-state index contributed by atoms with van der Waals surface area (Å²) in [5.41, 5.74) is 0.187. The first-order chi connectivity index (χ1) is 10.0. The lowest BCUT2D eigenvalue weighted by Crippen LogP contribution is -2.12. The van der Waals surface area contributed by atoms with Gasteiger partial charge in [-0.3, -0.25) is 4.79 Å². The molecule has 2 aromatic rings. The SMILES string of the molecule is COc1ccc(C(=O)COc2cccc(Cl)c2Cl)cc1F. The molecule has 0 aliphatic rings. The molecule has 0 amide bonds. The Hall–Kier alpha value is -1.78. The highest BCUT2D eigenvalue weighted by atomic mass is 35.5. The number of Topliss-reactive ketones (excluding diaryl/α,β-unsaturated/α-hetero) is 1. The maximum Gasteiger partial charge on any atom is 0.200 e. The minimum Gasteiger partial charge on any atom is -0.494 e. The summed E-state index contributed by atoms with van der Waals surface area (Å²) in [4.78, 5) is 12.0. The van der Waals surface area contributed by atoms with Crippen molar-refractivity contribution in [2.75, 3.05) is 13.7 Å². The summed E-state index contributed by atoms with van der Waals surface area (Å²) in [5.74, 6) is -0.617. The molecular formula is C15H11Cl2FO3. The molecule has 2 aromatic carbocycles. The van der Waals surface area contributed by atoms with E-state index in [2.05, 4.69) is 0 Å². The molecule has 0 aliphatic carbocycles. The first-order valence-electron chi connectivity index (χ1n) is 5.96. The van der Waals surface area contributed by atoms with Gasteiger partial charge in [-0.15, -0.1) is 0 Å². The fourth-order valence-electron chi connectivity index (χ4n) is 1.66. The molecule has 0 heterocycles. The van der Waals surface area contributed by atoms with Gasteiger partial charge in [-0.2, -0.15) is 0 Å². The Morgan fingerprint density at radius 3 is 2.62 bits per heavy atom. The number of benzene rings is 2. The van der Waals surface area contributed by atoms with Crippen molar-refractivity contribution < 1.29 is 18.7 Å². The second kappa shape index (κ2) is 6.78.